The van der Waals surface area contributed by atoms with E-state index in [1.165, 1.54) is 11.3 Å². The van der Waals surface area contributed by atoms with Crippen LogP contribution in [0.3, 0.4) is 0 Å². The maximum Gasteiger partial charge on any atom is 0.194 e. The van der Waals surface area contributed by atoms with Crippen LogP contribution in [0.25, 0.3) is 0 Å². The third kappa shape index (κ3) is 7.55. The van der Waals surface area contributed by atoms with Crippen LogP contribution < -0.4 is 10.2 Å². The molecule has 2 aliphatic heterocycles. The molecule has 1 aromatic rings. The van der Waals surface area contributed by atoms with Gasteiger partial charge in [-0.25, -0.2) is 4.99 Å². The summed E-state index contributed by atoms with van der Waals surface area (Å²) in [6.07, 6.45) is 1.14. The SMILES string of the molecule is CCNC(=NCc1ccccc1N1CCOCC1)N1CCC(COCCOC)C1.I. The van der Waals surface area contributed by atoms with Gasteiger partial charge in [0, 0.05) is 51.4 Å². The molecule has 0 spiro atoms. The second-order valence-electron chi connectivity index (χ2n) is 7.57. The fourth-order valence-corrected chi connectivity index (χ4v) is 3.90. The molecule has 7 nitrogen and oxygen atoms in total. The number of methoxy groups -OCH3 is 1. The Morgan fingerprint density at radius 1 is 1.20 bits per heavy atom. The summed E-state index contributed by atoms with van der Waals surface area (Å²) in [4.78, 5) is 9.75. The number of likely N-dealkylation sites (tertiary alicyclic amines) is 1. The standard InChI is InChI=1S/C22H36N4O3.HI/c1-3-23-22(26-9-8-19(17-26)18-29-15-14-27-2)24-16-20-6-4-5-7-21(20)25-10-12-28-13-11-25;/h4-7,19H,3,8-18H2,1-2H3,(H,23,24);1H. The monoisotopic (exact) mass is 532 g/mol. The van der Waals surface area contributed by atoms with Gasteiger partial charge in [-0.05, 0) is 25.0 Å². The van der Waals surface area contributed by atoms with Crippen molar-refractivity contribution < 1.29 is 14.2 Å². The minimum absolute atomic E-state index is 0. The normalized spacial score (nSPS) is 19.7. The van der Waals surface area contributed by atoms with Crippen LogP contribution in [0.1, 0.15) is 18.9 Å². The zero-order valence-corrected chi connectivity index (χ0v) is 20.7. The van der Waals surface area contributed by atoms with Crippen LogP contribution in [0.5, 0.6) is 0 Å². The highest BCUT2D eigenvalue weighted by molar-refractivity contribution is 14.0. The molecule has 2 aliphatic rings. The molecule has 1 atom stereocenters. The number of hydrogen-bond donors (Lipinski definition) is 1. The summed E-state index contributed by atoms with van der Waals surface area (Å²) < 4.78 is 16.3. The highest BCUT2D eigenvalue weighted by atomic mass is 127. The van der Waals surface area contributed by atoms with Gasteiger partial charge in [0.15, 0.2) is 5.96 Å². The molecule has 1 N–H and O–H groups in total. The van der Waals surface area contributed by atoms with E-state index in [4.69, 9.17) is 19.2 Å². The number of guanidine groups is 1. The van der Waals surface area contributed by atoms with Crippen molar-refractivity contribution in [2.75, 3.05) is 77.8 Å². The molecule has 0 amide bonds. The lowest BCUT2D eigenvalue weighted by Gasteiger charge is -2.30. The quantitative estimate of drug-likeness (QED) is 0.229. The van der Waals surface area contributed by atoms with Crippen molar-refractivity contribution in [3.63, 3.8) is 0 Å². The van der Waals surface area contributed by atoms with E-state index in [-0.39, 0.29) is 24.0 Å². The highest BCUT2D eigenvalue weighted by Gasteiger charge is 2.25. The first kappa shape index (κ1) is 25.2. The number of anilines is 1. The van der Waals surface area contributed by atoms with E-state index in [0.717, 1.165) is 64.9 Å². The number of para-hydroxylation sites is 1. The molecule has 2 heterocycles. The minimum Gasteiger partial charge on any atom is -0.382 e. The Morgan fingerprint density at radius 2 is 2.00 bits per heavy atom. The summed E-state index contributed by atoms with van der Waals surface area (Å²) in [5.41, 5.74) is 2.55. The predicted octanol–water partition coefficient (Wildman–Crippen LogP) is 2.59. The minimum atomic E-state index is 0. The van der Waals surface area contributed by atoms with Gasteiger partial charge in [-0.1, -0.05) is 18.2 Å². The molecule has 170 valence electrons. The van der Waals surface area contributed by atoms with E-state index in [1.807, 2.05) is 0 Å². The number of ether oxygens (including phenoxy) is 3. The number of nitrogens with zero attached hydrogens (tertiary/aromatic N) is 3. The van der Waals surface area contributed by atoms with Gasteiger partial charge in [0.25, 0.3) is 0 Å². The number of morpholine rings is 1. The molecule has 3 rings (SSSR count). The lowest BCUT2D eigenvalue weighted by molar-refractivity contribution is 0.0536. The summed E-state index contributed by atoms with van der Waals surface area (Å²) >= 11 is 0. The van der Waals surface area contributed by atoms with Gasteiger partial charge in [-0.15, -0.1) is 24.0 Å². The number of hydrogen-bond acceptors (Lipinski definition) is 5. The van der Waals surface area contributed by atoms with E-state index in [9.17, 15) is 0 Å². The summed E-state index contributed by atoms with van der Waals surface area (Å²) in [5.74, 6) is 1.56. The Labute approximate surface area is 198 Å². The molecule has 2 saturated heterocycles. The number of aliphatic imine (C=N–C) groups is 1. The predicted molar refractivity (Wildman–Crippen MR) is 132 cm³/mol. The van der Waals surface area contributed by atoms with Crippen LogP contribution in [-0.4, -0.2) is 83.7 Å². The van der Waals surface area contributed by atoms with Crippen molar-refractivity contribution in [3.8, 4) is 0 Å². The Bertz CT molecular complexity index is 641. The number of halogens is 1. The van der Waals surface area contributed by atoms with Gasteiger partial charge in [-0.2, -0.15) is 0 Å². The summed E-state index contributed by atoms with van der Waals surface area (Å²) in [7, 11) is 1.71. The molecule has 2 fully saturated rings. The van der Waals surface area contributed by atoms with E-state index >= 15 is 0 Å². The second kappa shape index (κ2) is 14.1. The van der Waals surface area contributed by atoms with Crippen molar-refractivity contribution in [2.45, 2.75) is 19.9 Å². The lowest BCUT2D eigenvalue weighted by Crippen LogP contribution is -2.40. The van der Waals surface area contributed by atoms with Gasteiger partial charge >= 0.3 is 0 Å². The third-order valence-electron chi connectivity index (χ3n) is 5.45. The molecule has 0 aliphatic carbocycles. The van der Waals surface area contributed by atoms with Crippen LogP contribution >= 0.6 is 24.0 Å². The molecule has 1 aromatic carbocycles. The summed E-state index contributed by atoms with van der Waals surface area (Å²) in [6.45, 7) is 11.3. The molecule has 0 radical (unpaired) electrons. The fourth-order valence-electron chi connectivity index (χ4n) is 3.90. The fraction of sp³-hybridized carbons (Fsp3) is 0.682. The van der Waals surface area contributed by atoms with Gasteiger partial charge in [-0.3, -0.25) is 0 Å². The molecule has 0 bridgehead atoms. The Morgan fingerprint density at radius 3 is 2.77 bits per heavy atom. The molecule has 8 heteroatoms. The van der Waals surface area contributed by atoms with Crippen molar-refractivity contribution in [1.82, 2.24) is 10.2 Å². The smallest absolute Gasteiger partial charge is 0.194 e. The molecule has 0 aromatic heterocycles. The lowest BCUT2D eigenvalue weighted by atomic mass is 10.1. The van der Waals surface area contributed by atoms with Crippen LogP contribution in [0, 0.1) is 5.92 Å². The zero-order chi connectivity index (χ0) is 20.3. The van der Waals surface area contributed by atoms with Gasteiger partial charge in [0.2, 0.25) is 0 Å². The van der Waals surface area contributed by atoms with Crippen molar-refractivity contribution in [3.05, 3.63) is 29.8 Å². The van der Waals surface area contributed by atoms with Gasteiger partial charge in [0.1, 0.15) is 0 Å². The first-order valence-corrected chi connectivity index (χ1v) is 10.8. The van der Waals surface area contributed by atoms with E-state index in [1.54, 1.807) is 7.11 Å². The van der Waals surface area contributed by atoms with Crippen LogP contribution in [0.15, 0.2) is 29.3 Å². The van der Waals surface area contributed by atoms with E-state index < -0.39 is 0 Å². The van der Waals surface area contributed by atoms with Crippen LogP contribution in [0.2, 0.25) is 0 Å². The zero-order valence-electron chi connectivity index (χ0n) is 18.3. The average molecular weight is 532 g/mol. The molecule has 0 saturated carbocycles. The van der Waals surface area contributed by atoms with Gasteiger partial charge in [0.05, 0.1) is 39.6 Å². The van der Waals surface area contributed by atoms with Crippen molar-refractivity contribution >= 4 is 35.6 Å². The van der Waals surface area contributed by atoms with Crippen LogP contribution in [0.4, 0.5) is 5.69 Å². The maximum absolute atomic E-state index is 5.73. The largest absolute Gasteiger partial charge is 0.382 e. The molecular formula is C22H37IN4O3. The summed E-state index contributed by atoms with van der Waals surface area (Å²) in [6, 6.07) is 8.60. The topological polar surface area (TPSA) is 58.6 Å². The first-order chi connectivity index (χ1) is 14.3. The maximum atomic E-state index is 5.73. The third-order valence-corrected chi connectivity index (χ3v) is 5.45. The Hall–Kier alpha value is -1.10. The Balaban J connectivity index is 0.00000320. The van der Waals surface area contributed by atoms with Crippen LogP contribution in [-0.2, 0) is 20.8 Å². The van der Waals surface area contributed by atoms with E-state index in [2.05, 4.69) is 46.3 Å². The highest BCUT2D eigenvalue weighted by Crippen LogP contribution is 2.23. The Kier molecular flexibility index (Phi) is 11.8. The first-order valence-electron chi connectivity index (χ1n) is 10.8. The van der Waals surface area contributed by atoms with Crippen molar-refractivity contribution in [2.24, 2.45) is 10.9 Å². The number of benzene rings is 1. The number of nitrogens with one attached hydrogen (secondary N) is 1. The molecular weight excluding hydrogens is 495 g/mol. The second-order valence-corrected chi connectivity index (χ2v) is 7.57. The molecule has 1 unspecified atom stereocenters. The van der Waals surface area contributed by atoms with E-state index in [0.29, 0.717) is 25.7 Å². The molecule has 30 heavy (non-hydrogen) atoms. The average Bonchev–Trinajstić information content (AvgIpc) is 3.24. The van der Waals surface area contributed by atoms with Crippen molar-refractivity contribution in [1.29, 1.82) is 0 Å². The van der Waals surface area contributed by atoms with Gasteiger partial charge < -0.3 is 29.3 Å². The number of rotatable bonds is 9. The summed E-state index contributed by atoms with van der Waals surface area (Å²) in [5, 5.41) is 3.47.